The van der Waals surface area contributed by atoms with E-state index < -0.39 is 36.4 Å². The smallest absolute Gasteiger partial charge is 0.336 e. The van der Waals surface area contributed by atoms with Crippen molar-refractivity contribution in [2.24, 2.45) is 7.05 Å². The number of hydrogen-bond donors (Lipinski definition) is 4. The number of aliphatic hydroxyl groups is 1. The molecular weight excluding hydrogens is 536 g/mol. The average molecular weight is 575 g/mol. The molecule has 1 aromatic carbocycles. The van der Waals surface area contributed by atoms with Crippen LogP contribution in [0.4, 0.5) is 0 Å². The Balaban J connectivity index is 0.000000302. The largest absolute Gasteiger partial charge is 0.481 e. The van der Waals surface area contributed by atoms with Gasteiger partial charge in [-0.1, -0.05) is 24.6 Å². The molecular formula is C28H38N4O9. The summed E-state index contributed by atoms with van der Waals surface area (Å²) in [5, 5.41) is 39.7. The van der Waals surface area contributed by atoms with Gasteiger partial charge in [0.25, 0.3) is 5.56 Å². The lowest BCUT2D eigenvalue weighted by atomic mass is 9.96. The molecule has 0 aliphatic carbocycles. The third-order valence-electron chi connectivity index (χ3n) is 7.50. The fourth-order valence-electron chi connectivity index (χ4n) is 5.42. The molecule has 0 spiro atoms. The van der Waals surface area contributed by atoms with Crippen LogP contribution in [0.25, 0.3) is 10.8 Å². The van der Waals surface area contributed by atoms with Crippen LogP contribution < -0.4 is 5.56 Å². The van der Waals surface area contributed by atoms with Crippen molar-refractivity contribution in [3.05, 3.63) is 40.3 Å². The molecule has 4 N–H and O–H groups in total. The molecule has 1 unspecified atom stereocenters. The Morgan fingerprint density at radius 3 is 2.07 bits per heavy atom. The first-order chi connectivity index (χ1) is 19.4. The Hall–Kier alpha value is -3.84. The number of aromatic nitrogens is 2. The van der Waals surface area contributed by atoms with Gasteiger partial charge in [0.1, 0.15) is 0 Å². The molecule has 0 bridgehead atoms. The van der Waals surface area contributed by atoms with Crippen molar-refractivity contribution in [3.63, 3.8) is 0 Å². The maximum absolute atomic E-state index is 13.2. The van der Waals surface area contributed by atoms with Gasteiger partial charge in [-0.3, -0.25) is 19.2 Å². The zero-order valence-electron chi connectivity index (χ0n) is 23.2. The van der Waals surface area contributed by atoms with E-state index in [1.807, 2.05) is 24.3 Å². The minimum atomic E-state index is -2.74. The van der Waals surface area contributed by atoms with Crippen LogP contribution in [0.1, 0.15) is 57.1 Å². The molecule has 4 rings (SSSR count). The van der Waals surface area contributed by atoms with E-state index in [0.717, 1.165) is 44.4 Å². The molecule has 224 valence electrons. The lowest BCUT2D eigenvalue weighted by Gasteiger charge is -2.39. The van der Waals surface area contributed by atoms with E-state index >= 15 is 0 Å². The van der Waals surface area contributed by atoms with E-state index in [-0.39, 0.29) is 17.9 Å². The number of nitrogens with zero attached hydrogens (tertiary/aromatic N) is 4. The highest BCUT2D eigenvalue weighted by molar-refractivity contribution is 5.89. The first-order valence-corrected chi connectivity index (χ1v) is 13.8. The fourth-order valence-corrected chi connectivity index (χ4v) is 5.42. The van der Waals surface area contributed by atoms with Gasteiger partial charge in [0.05, 0.1) is 30.3 Å². The summed E-state index contributed by atoms with van der Waals surface area (Å²) in [6.45, 7) is 4.14. The maximum Gasteiger partial charge on any atom is 0.336 e. The molecule has 2 fully saturated rings. The maximum atomic E-state index is 13.2. The molecule has 3 heterocycles. The Kier molecular flexibility index (Phi) is 11.0. The summed E-state index contributed by atoms with van der Waals surface area (Å²) >= 11 is 0. The first-order valence-electron chi connectivity index (χ1n) is 13.8. The highest BCUT2D eigenvalue weighted by Gasteiger charge is 2.40. The standard InChI is InChI=1S/C22H30N4O2.C6H8O7/c1-24-22(28)19-11-4-3-10-18(19)20(23-24)15-21(27)26-14-8-5-9-17(26)16-25-12-6-2-7-13-25;7-3(8)1-6(13,5(11)12)2-4(9)10/h3-4,10-11,17H,2,5-9,12-16H2,1H3;13H,1-2H2,(H,7,8)(H,9,10)(H,11,12). The number of likely N-dealkylation sites (tertiary alicyclic amines) is 2. The molecule has 13 heteroatoms. The summed E-state index contributed by atoms with van der Waals surface area (Å²) in [5.41, 5.74) is -2.16. The Morgan fingerprint density at radius 2 is 1.49 bits per heavy atom. The number of fused-ring (bicyclic) bond motifs is 1. The number of carbonyl (C=O) groups excluding carboxylic acids is 1. The number of amides is 1. The summed E-state index contributed by atoms with van der Waals surface area (Å²) in [6, 6.07) is 7.77. The van der Waals surface area contributed by atoms with Crippen LogP contribution in [0, 0.1) is 0 Å². The Labute approximate surface area is 237 Å². The number of piperidine rings is 2. The van der Waals surface area contributed by atoms with Crippen molar-refractivity contribution >= 4 is 34.6 Å². The van der Waals surface area contributed by atoms with E-state index in [1.54, 1.807) is 7.05 Å². The molecule has 1 aromatic heterocycles. The summed E-state index contributed by atoms with van der Waals surface area (Å²) in [6.07, 6.45) is 5.20. The molecule has 1 atom stereocenters. The lowest BCUT2D eigenvalue weighted by Crippen LogP contribution is -2.50. The van der Waals surface area contributed by atoms with Gasteiger partial charge >= 0.3 is 17.9 Å². The van der Waals surface area contributed by atoms with E-state index in [1.165, 1.54) is 30.4 Å². The topological polar surface area (TPSA) is 191 Å². The van der Waals surface area contributed by atoms with Gasteiger partial charge in [-0.25, -0.2) is 9.48 Å². The van der Waals surface area contributed by atoms with Gasteiger partial charge in [0, 0.05) is 31.6 Å². The van der Waals surface area contributed by atoms with Crippen molar-refractivity contribution < 1.29 is 39.6 Å². The number of aliphatic carboxylic acids is 3. The van der Waals surface area contributed by atoms with Crippen molar-refractivity contribution in [2.45, 2.75) is 69.4 Å². The highest BCUT2D eigenvalue weighted by atomic mass is 16.4. The van der Waals surface area contributed by atoms with Gasteiger partial charge in [-0.2, -0.15) is 5.10 Å². The second-order valence-corrected chi connectivity index (χ2v) is 10.7. The Morgan fingerprint density at radius 1 is 0.902 bits per heavy atom. The van der Waals surface area contributed by atoms with Crippen molar-refractivity contribution in [1.29, 1.82) is 0 Å². The first kappa shape index (κ1) is 31.7. The van der Waals surface area contributed by atoms with Crippen LogP contribution in [0.2, 0.25) is 0 Å². The predicted molar refractivity (Wildman–Crippen MR) is 147 cm³/mol. The summed E-state index contributed by atoms with van der Waals surface area (Å²) in [7, 11) is 1.66. The van der Waals surface area contributed by atoms with E-state index in [4.69, 9.17) is 20.4 Å². The van der Waals surface area contributed by atoms with Crippen LogP contribution in [-0.4, -0.2) is 102 Å². The summed E-state index contributed by atoms with van der Waals surface area (Å²) in [4.78, 5) is 60.7. The van der Waals surface area contributed by atoms with Gasteiger partial charge in [0.2, 0.25) is 5.91 Å². The number of carboxylic acid groups (broad SMARTS) is 3. The predicted octanol–water partition coefficient (Wildman–Crippen LogP) is 1.09. The van der Waals surface area contributed by atoms with Crippen LogP contribution in [0.3, 0.4) is 0 Å². The minimum absolute atomic E-state index is 0.118. The van der Waals surface area contributed by atoms with Gasteiger partial charge in [-0.15, -0.1) is 0 Å². The Bertz CT molecular complexity index is 1300. The van der Waals surface area contributed by atoms with Gasteiger partial charge < -0.3 is 30.2 Å². The molecule has 2 saturated heterocycles. The van der Waals surface area contributed by atoms with Crippen LogP contribution >= 0.6 is 0 Å². The number of carboxylic acids is 3. The fraction of sp³-hybridized carbons (Fsp3) is 0.571. The lowest BCUT2D eigenvalue weighted by molar-refractivity contribution is -0.170. The van der Waals surface area contributed by atoms with Crippen molar-refractivity contribution in [2.75, 3.05) is 26.2 Å². The summed E-state index contributed by atoms with van der Waals surface area (Å²) < 4.78 is 1.35. The zero-order valence-corrected chi connectivity index (χ0v) is 23.2. The molecule has 1 amide bonds. The number of rotatable bonds is 9. The van der Waals surface area contributed by atoms with Crippen molar-refractivity contribution in [3.8, 4) is 0 Å². The van der Waals surface area contributed by atoms with Crippen LogP contribution in [0.5, 0.6) is 0 Å². The van der Waals surface area contributed by atoms with Crippen LogP contribution in [-0.2, 0) is 32.6 Å². The van der Waals surface area contributed by atoms with Gasteiger partial charge in [0.15, 0.2) is 5.60 Å². The zero-order chi connectivity index (χ0) is 30.2. The molecule has 2 aliphatic heterocycles. The average Bonchev–Trinajstić information content (AvgIpc) is 2.92. The highest BCUT2D eigenvalue weighted by Crippen LogP contribution is 2.22. The SMILES string of the molecule is Cn1nc(CC(=O)N2CCCCC2CN2CCCCC2)c2ccccc2c1=O.O=C(O)CC(O)(CC(=O)O)C(=O)O. The van der Waals surface area contributed by atoms with E-state index in [9.17, 15) is 24.0 Å². The van der Waals surface area contributed by atoms with E-state index in [2.05, 4.69) is 14.9 Å². The quantitative estimate of drug-likeness (QED) is 0.335. The number of aryl methyl sites for hydroxylation is 1. The second-order valence-electron chi connectivity index (χ2n) is 10.7. The molecule has 2 aliphatic rings. The molecule has 13 nitrogen and oxygen atoms in total. The summed E-state index contributed by atoms with van der Waals surface area (Å²) in [5.74, 6) is -4.88. The normalized spacial score (nSPS) is 17.9. The third kappa shape index (κ3) is 8.57. The minimum Gasteiger partial charge on any atom is -0.481 e. The second kappa shape index (κ2) is 14.2. The number of carbonyl (C=O) groups is 4. The van der Waals surface area contributed by atoms with E-state index in [0.29, 0.717) is 17.1 Å². The molecule has 2 aromatic rings. The number of hydrogen-bond acceptors (Lipinski definition) is 8. The molecule has 41 heavy (non-hydrogen) atoms. The van der Waals surface area contributed by atoms with Crippen molar-refractivity contribution in [1.82, 2.24) is 19.6 Å². The van der Waals surface area contributed by atoms with Crippen LogP contribution in [0.15, 0.2) is 29.1 Å². The van der Waals surface area contributed by atoms with Gasteiger partial charge in [-0.05, 0) is 51.3 Å². The monoisotopic (exact) mass is 574 g/mol. The number of benzene rings is 1. The third-order valence-corrected chi connectivity index (χ3v) is 7.50. The molecule has 0 radical (unpaired) electrons. The molecule has 0 saturated carbocycles.